The van der Waals surface area contributed by atoms with Crippen LogP contribution in [0.5, 0.6) is 0 Å². The highest BCUT2D eigenvalue weighted by Crippen LogP contribution is 2.36. The van der Waals surface area contributed by atoms with Crippen molar-refractivity contribution in [1.82, 2.24) is 4.57 Å². The van der Waals surface area contributed by atoms with Gasteiger partial charge in [-0.1, -0.05) is 78.3 Å². The van der Waals surface area contributed by atoms with Crippen LogP contribution < -0.4 is 5.46 Å². The first kappa shape index (κ1) is 18.7. The Balaban J connectivity index is 1.39. The normalized spacial score (nSPS) is 11.8. The van der Waals surface area contributed by atoms with Crippen LogP contribution in [0.1, 0.15) is 0 Å². The molecule has 0 aliphatic rings. The van der Waals surface area contributed by atoms with Gasteiger partial charge in [-0.15, -0.1) is 11.3 Å². The maximum absolute atomic E-state index is 2.37. The minimum absolute atomic E-state index is 1.19. The van der Waals surface area contributed by atoms with Crippen LogP contribution in [0.4, 0.5) is 0 Å². The highest BCUT2D eigenvalue weighted by atomic mass is 32.1. The lowest BCUT2D eigenvalue weighted by Gasteiger charge is -2.10. The van der Waals surface area contributed by atoms with Gasteiger partial charge in [0.25, 0.3) is 0 Å². The molecule has 0 spiro atoms. The number of benzene rings is 5. The number of fused-ring (bicyclic) bond motifs is 6. The van der Waals surface area contributed by atoms with Crippen molar-refractivity contribution in [2.75, 3.05) is 0 Å². The molecule has 2 heterocycles. The lowest BCUT2D eigenvalue weighted by Crippen LogP contribution is -2.02. The van der Waals surface area contributed by atoms with Gasteiger partial charge >= 0.3 is 0 Å². The number of hydrogen-bond acceptors (Lipinski definition) is 1. The highest BCUT2D eigenvalue weighted by molar-refractivity contribution is 7.26. The number of rotatable bonds is 2. The molecule has 3 heteroatoms. The molecule has 0 radical (unpaired) electrons. The third-order valence-electron chi connectivity index (χ3n) is 6.70. The zero-order chi connectivity index (χ0) is 21.9. The van der Waals surface area contributed by atoms with Gasteiger partial charge in [0.05, 0.1) is 11.0 Å². The third kappa shape index (κ3) is 2.79. The number of nitrogens with zero attached hydrogens (tertiary/aromatic N) is 1. The zero-order valence-corrected chi connectivity index (χ0v) is 19.1. The summed E-state index contributed by atoms with van der Waals surface area (Å²) < 4.78 is 5.12. The van der Waals surface area contributed by atoms with E-state index < -0.39 is 0 Å². The van der Waals surface area contributed by atoms with E-state index in [-0.39, 0.29) is 0 Å². The largest absolute Gasteiger partial charge is 0.309 e. The zero-order valence-electron chi connectivity index (χ0n) is 18.2. The Kier molecular flexibility index (Phi) is 4.03. The Hall–Kier alpha value is -3.82. The standard InChI is InChI=1S/C30H20BNS/c31-26-18-20(17-25-24-9-3-6-12-29(24)33-30(25)26)19-13-15-21(16-14-19)32-27-10-4-1-7-22(27)23-8-2-5-11-28(23)32/h1-18H,31H2. The fraction of sp³-hybridized carbons (Fsp3) is 0. The minimum atomic E-state index is 1.19. The van der Waals surface area contributed by atoms with Crippen molar-refractivity contribution in [2.24, 2.45) is 0 Å². The van der Waals surface area contributed by atoms with Crippen molar-refractivity contribution in [1.29, 1.82) is 0 Å². The summed E-state index contributed by atoms with van der Waals surface area (Å²) in [6.07, 6.45) is 0. The number of aromatic nitrogens is 1. The predicted molar refractivity (Wildman–Crippen MR) is 147 cm³/mol. The van der Waals surface area contributed by atoms with Crippen LogP contribution in [-0.4, -0.2) is 12.4 Å². The van der Waals surface area contributed by atoms with Crippen LogP contribution in [0.3, 0.4) is 0 Å². The van der Waals surface area contributed by atoms with E-state index in [4.69, 9.17) is 0 Å². The van der Waals surface area contributed by atoms with E-state index in [0.29, 0.717) is 0 Å². The Labute approximate surface area is 196 Å². The Morgan fingerprint density at radius 3 is 1.85 bits per heavy atom. The van der Waals surface area contributed by atoms with E-state index in [1.54, 1.807) is 0 Å². The van der Waals surface area contributed by atoms with Crippen molar-refractivity contribution in [3.8, 4) is 16.8 Å². The quantitative estimate of drug-likeness (QED) is 0.255. The van der Waals surface area contributed by atoms with Gasteiger partial charge < -0.3 is 4.57 Å². The molecule has 0 fully saturated rings. The number of thiophene rings is 1. The van der Waals surface area contributed by atoms with E-state index in [0.717, 1.165) is 0 Å². The van der Waals surface area contributed by atoms with Crippen molar-refractivity contribution < 1.29 is 0 Å². The molecule has 33 heavy (non-hydrogen) atoms. The Morgan fingerprint density at radius 1 is 0.545 bits per heavy atom. The van der Waals surface area contributed by atoms with Gasteiger partial charge in [-0.05, 0) is 47.5 Å². The maximum atomic E-state index is 2.37. The lowest BCUT2D eigenvalue weighted by atomic mass is 9.90. The summed E-state index contributed by atoms with van der Waals surface area (Å²) in [4.78, 5) is 0. The first-order chi connectivity index (χ1) is 16.3. The SMILES string of the molecule is Bc1cc(-c2ccc(-n3c4ccccc4c4ccccc43)cc2)cc2c1sc1ccccc12. The van der Waals surface area contributed by atoms with Crippen LogP contribution >= 0.6 is 11.3 Å². The van der Waals surface area contributed by atoms with E-state index >= 15 is 0 Å². The van der Waals surface area contributed by atoms with Gasteiger partial charge in [0.15, 0.2) is 0 Å². The van der Waals surface area contributed by atoms with E-state index in [1.807, 2.05) is 11.3 Å². The maximum Gasteiger partial charge on any atom is 0.141 e. The minimum Gasteiger partial charge on any atom is -0.309 e. The molecule has 0 amide bonds. The van der Waals surface area contributed by atoms with Crippen molar-refractivity contribution >= 4 is 66.6 Å². The molecule has 0 unspecified atom stereocenters. The summed E-state index contributed by atoms with van der Waals surface area (Å²) in [5.74, 6) is 0. The molecule has 7 aromatic rings. The Bertz CT molecular complexity index is 1770. The molecule has 5 aromatic carbocycles. The molecule has 154 valence electrons. The van der Waals surface area contributed by atoms with E-state index in [1.165, 1.54) is 64.3 Å². The number of hydrogen-bond donors (Lipinski definition) is 0. The average molecular weight is 437 g/mol. The Morgan fingerprint density at radius 2 is 1.15 bits per heavy atom. The second-order valence-electron chi connectivity index (χ2n) is 8.68. The summed E-state index contributed by atoms with van der Waals surface area (Å²) in [6, 6.07) is 39.8. The van der Waals surface area contributed by atoms with Gasteiger partial charge in [0.1, 0.15) is 7.85 Å². The van der Waals surface area contributed by atoms with E-state index in [9.17, 15) is 0 Å². The topological polar surface area (TPSA) is 4.93 Å². The highest BCUT2D eigenvalue weighted by Gasteiger charge is 2.12. The molecule has 2 aromatic heterocycles. The smallest absolute Gasteiger partial charge is 0.141 e. The molecule has 0 N–H and O–H groups in total. The molecule has 7 rings (SSSR count). The van der Waals surface area contributed by atoms with Gasteiger partial charge in [-0.3, -0.25) is 0 Å². The average Bonchev–Trinajstić information content (AvgIpc) is 3.41. The fourth-order valence-corrected chi connectivity index (χ4v) is 6.32. The first-order valence-corrected chi connectivity index (χ1v) is 12.1. The van der Waals surface area contributed by atoms with Crippen molar-refractivity contribution in [3.63, 3.8) is 0 Å². The summed E-state index contributed by atoms with van der Waals surface area (Å²) in [7, 11) is 2.23. The lowest BCUT2D eigenvalue weighted by molar-refractivity contribution is 1.18. The van der Waals surface area contributed by atoms with Gasteiger partial charge in [-0.25, -0.2) is 0 Å². The molecule has 0 aliphatic heterocycles. The third-order valence-corrected chi connectivity index (χ3v) is 8.02. The van der Waals surface area contributed by atoms with Crippen LogP contribution in [0.2, 0.25) is 0 Å². The summed E-state index contributed by atoms with van der Waals surface area (Å²) in [6.45, 7) is 0. The molecule has 0 aliphatic carbocycles. The molecular formula is C30H20BNS. The van der Waals surface area contributed by atoms with Crippen LogP contribution in [0, 0.1) is 0 Å². The summed E-state index contributed by atoms with van der Waals surface area (Å²) in [5.41, 5.74) is 7.55. The van der Waals surface area contributed by atoms with Crippen LogP contribution in [-0.2, 0) is 0 Å². The molecule has 0 atom stereocenters. The van der Waals surface area contributed by atoms with Gasteiger partial charge in [0, 0.05) is 36.6 Å². The molecule has 0 saturated heterocycles. The number of para-hydroxylation sites is 2. The van der Waals surface area contributed by atoms with Crippen LogP contribution in [0.15, 0.2) is 109 Å². The first-order valence-electron chi connectivity index (χ1n) is 11.3. The molecular weight excluding hydrogens is 417 g/mol. The second-order valence-corrected chi connectivity index (χ2v) is 9.74. The van der Waals surface area contributed by atoms with Crippen molar-refractivity contribution in [2.45, 2.75) is 0 Å². The molecule has 0 bridgehead atoms. The summed E-state index contributed by atoms with van der Waals surface area (Å²) >= 11 is 1.89. The molecule has 1 nitrogen and oxygen atoms in total. The van der Waals surface area contributed by atoms with E-state index in [2.05, 4.69) is 122 Å². The second kappa shape index (κ2) is 7.09. The van der Waals surface area contributed by atoms with Crippen molar-refractivity contribution in [3.05, 3.63) is 109 Å². The van der Waals surface area contributed by atoms with Crippen LogP contribution in [0.25, 0.3) is 58.8 Å². The molecule has 0 saturated carbocycles. The summed E-state index contributed by atoms with van der Waals surface area (Å²) in [5, 5.41) is 5.30. The van der Waals surface area contributed by atoms with Gasteiger partial charge in [0.2, 0.25) is 0 Å². The monoisotopic (exact) mass is 437 g/mol. The predicted octanol–water partition coefficient (Wildman–Crippen LogP) is 7.08. The fourth-order valence-electron chi connectivity index (χ4n) is 5.17. The van der Waals surface area contributed by atoms with Gasteiger partial charge in [-0.2, -0.15) is 0 Å².